The van der Waals surface area contributed by atoms with Gasteiger partial charge in [-0.05, 0) is 97.3 Å². The molecule has 4 rings (SSSR count). The van der Waals surface area contributed by atoms with Crippen LogP contribution in [-0.4, -0.2) is 52.0 Å². The summed E-state index contributed by atoms with van der Waals surface area (Å²) in [6.07, 6.45) is 7.33. The number of fused-ring (bicyclic) bond motifs is 2. The number of rotatable bonds is 4. The number of hydrogen-bond donors (Lipinski definition) is 1. The first-order chi connectivity index (χ1) is 17.5. The fourth-order valence-corrected chi connectivity index (χ4v) is 8.57. The van der Waals surface area contributed by atoms with E-state index in [-0.39, 0.29) is 47.3 Å². The summed E-state index contributed by atoms with van der Waals surface area (Å²) in [4.78, 5) is 24.7. The van der Waals surface area contributed by atoms with Crippen molar-refractivity contribution >= 4 is 11.8 Å². The molecule has 0 spiro atoms. The number of hydrogen-bond acceptors (Lipinski definition) is 6. The van der Waals surface area contributed by atoms with E-state index < -0.39 is 22.2 Å². The summed E-state index contributed by atoms with van der Waals surface area (Å²) < 4.78 is 19.0. The Hall–Kier alpha value is -1.24. The molecule has 6 heteroatoms. The molecule has 2 saturated carbocycles. The van der Waals surface area contributed by atoms with Crippen molar-refractivity contribution in [3.63, 3.8) is 0 Å². The van der Waals surface area contributed by atoms with Crippen LogP contribution < -0.4 is 0 Å². The Labute approximate surface area is 230 Å². The topological polar surface area (TPSA) is 82.1 Å². The number of esters is 1. The minimum absolute atomic E-state index is 0.0370. The van der Waals surface area contributed by atoms with Gasteiger partial charge in [0, 0.05) is 24.2 Å². The Bertz CT molecular complexity index is 954. The van der Waals surface area contributed by atoms with Crippen molar-refractivity contribution in [2.24, 2.45) is 22.7 Å². The van der Waals surface area contributed by atoms with E-state index in [1.807, 2.05) is 27.7 Å². The van der Waals surface area contributed by atoms with E-state index in [1.54, 1.807) is 0 Å². The SMILES string of the molecule is C=C1CC[C@@H]2OC(C)(C)[C@H](OC(C)=O)CC[C@@]2(C)[C@@H]1CC[C@]1(O)[C@@H](C)CC[C@@H]2OC(C)(C)C(=O)CC[C@]21C. The summed E-state index contributed by atoms with van der Waals surface area (Å²) in [5.74, 6) is 0.158. The second-order valence-electron chi connectivity index (χ2n) is 14.5. The van der Waals surface area contributed by atoms with E-state index >= 15 is 0 Å². The largest absolute Gasteiger partial charge is 0.460 e. The lowest BCUT2D eigenvalue weighted by Crippen LogP contribution is -2.61. The number of carbonyl (C=O) groups excluding carboxylic acids is 2. The van der Waals surface area contributed by atoms with E-state index in [4.69, 9.17) is 14.2 Å². The van der Waals surface area contributed by atoms with Crippen molar-refractivity contribution < 1.29 is 28.9 Å². The van der Waals surface area contributed by atoms with Gasteiger partial charge in [-0.15, -0.1) is 0 Å². The average Bonchev–Trinajstić information content (AvgIpc) is 2.97. The number of aliphatic hydroxyl groups is 1. The fourth-order valence-electron chi connectivity index (χ4n) is 8.57. The lowest BCUT2D eigenvalue weighted by Gasteiger charge is -2.57. The summed E-state index contributed by atoms with van der Waals surface area (Å²) in [5.41, 5.74) is -1.74. The molecule has 0 bridgehead atoms. The van der Waals surface area contributed by atoms with Gasteiger partial charge in [0.15, 0.2) is 5.78 Å². The highest BCUT2D eigenvalue weighted by Gasteiger charge is 2.61. The number of ether oxygens (including phenoxy) is 3. The highest BCUT2D eigenvalue weighted by Crippen LogP contribution is 2.58. The molecule has 0 aromatic carbocycles. The molecule has 6 nitrogen and oxygen atoms in total. The smallest absolute Gasteiger partial charge is 0.303 e. The molecular formula is C32H52O6. The van der Waals surface area contributed by atoms with E-state index in [2.05, 4.69) is 27.4 Å². The first kappa shape index (κ1) is 29.7. The van der Waals surface area contributed by atoms with Crippen LogP contribution in [0.2, 0.25) is 0 Å². The van der Waals surface area contributed by atoms with Crippen LogP contribution in [-0.2, 0) is 23.8 Å². The minimum atomic E-state index is -0.939. The molecule has 2 aliphatic carbocycles. The van der Waals surface area contributed by atoms with Crippen LogP contribution >= 0.6 is 0 Å². The third-order valence-electron chi connectivity index (χ3n) is 11.4. The van der Waals surface area contributed by atoms with E-state index in [9.17, 15) is 14.7 Å². The lowest BCUT2D eigenvalue weighted by molar-refractivity contribution is -0.227. The molecular weight excluding hydrogens is 480 g/mol. The molecule has 0 amide bonds. The van der Waals surface area contributed by atoms with Gasteiger partial charge in [0.25, 0.3) is 0 Å². The summed E-state index contributed by atoms with van der Waals surface area (Å²) in [6.45, 7) is 20.4. The van der Waals surface area contributed by atoms with Crippen LogP contribution in [0, 0.1) is 22.7 Å². The predicted octanol–water partition coefficient (Wildman–Crippen LogP) is 6.32. The molecule has 8 atom stereocenters. The molecule has 2 heterocycles. The van der Waals surface area contributed by atoms with Gasteiger partial charge in [-0.25, -0.2) is 0 Å². The van der Waals surface area contributed by atoms with Gasteiger partial charge >= 0.3 is 5.97 Å². The van der Waals surface area contributed by atoms with Crippen molar-refractivity contribution in [1.29, 1.82) is 0 Å². The average molecular weight is 533 g/mol. The Morgan fingerprint density at radius 1 is 1.00 bits per heavy atom. The first-order valence-corrected chi connectivity index (χ1v) is 14.9. The Kier molecular flexibility index (Phi) is 7.82. The van der Waals surface area contributed by atoms with Gasteiger partial charge in [0.2, 0.25) is 0 Å². The molecule has 0 radical (unpaired) electrons. The Balaban J connectivity index is 1.60. The zero-order valence-electron chi connectivity index (χ0n) is 25.2. The molecule has 0 unspecified atom stereocenters. The van der Waals surface area contributed by atoms with Gasteiger partial charge in [0.05, 0.1) is 23.4 Å². The van der Waals surface area contributed by atoms with Crippen molar-refractivity contribution in [3.05, 3.63) is 12.2 Å². The Morgan fingerprint density at radius 3 is 2.34 bits per heavy atom. The van der Waals surface area contributed by atoms with E-state index in [1.165, 1.54) is 12.5 Å². The fraction of sp³-hybridized carbons (Fsp3) is 0.875. The normalized spacial score (nSPS) is 44.8. The summed E-state index contributed by atoms with van der Waals surface area (Å²) in [5, 5.41) is 12.5. The van der Waals surface area contributed by atoms with Gasteiger partial charge in [-0.1, -0.05) is 32.9 Å². The van der Waals surface area contributed by atoms with Crippen molar-refractivity contribution in [3.8, 4) is 0 Å². The second kappa shape index (κ2) is 9.99. The summed E-state index contributed by atoms with van der Waals surface area (Å²) in [7, 11) is 0. The lowest BCUT2D eigenvalue weighted by atomic mass is 9.53. The Morgan fingerprint density at radius 2 is 1.68 bits per heavy atom. The monoisotopic (exact) mass is 532 g/mol. The maximum absolute atomic E-state index is 12.9. The van der Waals surface area contributed by atoms with Crippen LogP contribution in [0.15, 0.2) is 12.2 Å². The predicted molar refractivity (Wildman–Crippen MR) is 148 cm³/mol. The highest BCUT2D eigenvalue weighted by molar-refractivity contribution is 5.86. The van der Waals surface area contributed by atoms with Crippen LogP contribution in [0.4, 0.5) is 0 Å². The molecule has 38 heavy (non-hydrogen) atoms. The third-order valence-corrected chi connectivity index (χ3v) is 11.4. The number of Topliss-reactive ketones (excluding diaryl/α,β-unsaturated/α-hetero) is 1. The molecule has 4 fully saturated rings. The van der Waals surface area contributed by atoms with Crippen molar-refractivity contribution in [1.82, 2.24) is 0 Å². The maximum atomic E-state index is 12.9. The van der Waals surface area contributed by atoms with Gasteiger partial charge < -0.3 is 19.3 Å². The maximum Gasteiger partial charge on any atom is 0.303 e. The van der Waals surface area contributed by atoms with Gasteiger partial charge in [-0.2, -0.15) is 0 Å². The van der Waals surface area contributed by atoms with Crippen molar-refractivity contribution in [2.45, 2.75) is 155 Å². The molecule has 1 N–H and O–H groups in total. The van der Waals surface area contributed by atoms with E-state index in [0.29, 0.717) is 19.3 Å². The minimum Gasteiger partial charge on any atom is -0.460 e. The van der Waals surface area contributed by atoms with Gasteiger partial charge in [-0.3, -0.25) is 9.59 Å². The van der Waals surface area contributed by atoms with Crippen LogP contribution in [0.25, 0.3) is 0 Å². The summed E-state index contributed by atoms with van der Waals surface area (Å²) >= 11 is 0. The van der Waals surface area contributed by atoms with Crippen LogP contribution in [0.1, 0.15) is 120 Å². The molecule has 2 aliphatic heterocycles. The molecule has 216 valence electrons. The first-order valence-electron chi connectivity index (χ1n) is 14.9. The summed E-state index contributed by atoms with van der Waals surface area (Å²) in [6, 6.07) is 0. The van der Waals surface area contributed by atoms with E-state index in [0.717, 1.165) is 44.9 Å². The van der Waals surface area contributed by atoms with Crippen LogP contribution in [0.5, 0.6) is 0 Å². The molecule has 4 aliphatic rings. The standard InChI is InChI=1S/C32H52O6/c1-20-10-12-26-30(8,17-16-25(36-22(3)33)29(6,7)37-26)23(20)14-19-32(35)21(2)11-13-27-31(32,9)18-15-24(34)28(4,5)38-27/h21,23,25-27,35H,1,10-19H2,2-9H3/t21-,23+,25+,26-,27-,30-,31+,32-/m0/s1. The highest BCUT2D eigenvalue weighted by atomic mass is 16.6. The van der Waals surface area contributed by atoms with Gasteiger partial charge in [0.1, 0.15) is 11.7 Å². The number of ketones is 1. The zero-order valence-corrected chi connectivity index (χ0v) is 25.2. The zero-order chi connectivity index (χ0) is 28.3. The van der Waals surface area contributed by atoms with Crippen LogP contribution in [0.3, 0.4) is 0 Å². The molecule has 2 saturated heterocycles. The quantitative estimate of drug-likeness (QED) is 0.337. The molecule has 0 aromatic rings. The number of allylic oxidation sites excluding steroid dienone is 1. The van der Waals surface area contributed by atoms with Crippen molar-refractivity contribution in [2.75, 3.05) is 0 Å². The molecule has 0 aromatic heterocycles. The second-order valence-corrected chi connectivity index (χ2v) is 14.5. The number of carbonyl (C=O) groups is 2. The third kappa shape index (κ3) is 4.92.